The van der Waals surface area contributed by atoms with Crippen molar-refractivity contribution in [1.82, 2.24) is 14.5 Å². The van der Waals surface area contributed by atoms with Crippen LogP contribution in [0.4, 0.5) is 0 Å². The molecule has 3 heterocycles. The maximum atomic E-state index is 13.3. The van der Waals surface area contributed by atoms with Crippen LogP contribution >= 0.6 is 22.7 Å². The first-order valence-corrected chi connectivity index (χ1v) is 11.9. The van der Waals surface area contributed by atoms with Crippen LogP contribution in [0.3, 0.4) is 0 Å². The maximum absolute atomic E-state index is 13.3. The topological polar surface area (TPSA) is 55.2 Å². The molecule has 0 atom stereocenters. The monoisotopic (exact) mass is 425 g/mol. The zero-order chi connectivity index (χ0) is 20.0. The summed E-state index contributed by atoms with van der Waals surface area (Å²) in [5, 5.41) is 2.63. The summed E-state index contributed by atoms with van der Waals surface area (Å²) < 4.78 is 1.49. The molecule has 0 spiro atoms. The van der Waals surface area contributed by atoms with E-state index in [1.165, 1.54) is 33.5 Å². The lowest BCUT2D eigenvalue weighted by atomic mass is 10.0. The molecule has 1 saturated carbocycles. The summed E-state index contributed by atoms with van der Waals surface area (Å²) >= 11 is 3.15. The van der Waals surface area contributed by atoms with Gasteiger partial charge in [0, 0.05) is 32.4 Å². The van der Waals surface area contributed by atoms with Crippen LogP contribution in [0.2, 0.25) is 0 Å². The fourth-order valence-corrected chi connectivity index (χ4v) is 5.90. The Morgan fingerprint density at radius 1 is 1.31 bits per heavy atom. The van der Waals surface area contributed by atoms with Crippen LogP contribution < -0.4 is 5.56 Å². The minimum atomic E-state index is -0.126. The average Bonchev–Trinajstić information content (AvgIpc) is 3.29. The highest BCUT2D eigenvalue weighted by atomic mass is 32.1. The van der Waals surface area contributed by atoms with Gasteiger partial charge in [-0.15, -0.1) is 22.7 Å². The molecule has 2 aliphatic rings. The van der Waals surface area contributed by atoms with Crippen LogP contribution in [-0.4, -0.2) is 26.4 Å². The Kier molecular flexibility index (Phi) is 4.87. The number of hydrogen-bond acceptors (Lipinski definition) is 5. The molecule has 0 bridgehead atoms. The van der Waals surface area contributed by atoms with Gasteiger partial charge in [-0.1, -0.05) is 6.08 Å². The van der Waals surface area contributed by atoms with Gasteiger partial charge in [0.1, 0.15) is 11.4 Å². The number of aryl methyl sites for hydroxylation is 1. The lowest BCUT2D eigenvalue weighted by Crippen LogP contribution is -2.38. The second-order valence-electron chi connectivity index (χ2n) is 7.85. The van der Waals surface area contributed by atoms with E-state index < -0.39 is 0 Å². The smallest absolute Gasteiger partial charge is 0.263 e. The van der Waals surface area contributed by atoms with Gasteiger partial charge in [-0.2, -0.15) is 0 Å². The number of hydrogen-bond donors (Lipinski definition) is 0. The fourth-order valence-electron chi connectivity index (χ4n) is 4.03. The molecule has 5 rings (SSSR count). The largest absolute Gasteiger partial charge is 0.312 e. The van der Waals surface area contributed by atoms with Gasteiger partial charge < -0.3 is 4.90 Å². The van der Waals surface area contributed by atoms with E-state index in [2.05, 4.69) is 24.1 Å². The minimum absolute atomic E-state index is 0.00708. The van der Waals surface area contributed by atoms with E-state index in [1.807, 2.05) is 16.3 Å². The molecule has 29 heavy (non-hydrogen) atoms. The van der Waals surface area contributed by atoms with Crippen molar-refractivity contribution in [2.75, 3.05) is 0 Å². The van der Waals surface area contributed by atoms with Crippen molar-refractivity contribution in [2.24, 2.45) is 0 Å². The quantitative estimate of drug-likeness (QED) is 0.582. The van der Waals surface area contributed by atoms with Crippen molar-refractivity contribution in [3.05, 3.63) is 50.8 Å². The van der Waals surface area contributed by atoms with Crippen molar-refractivity contribution in [2.45, 2.75) is 58.0 Å². The van der Waals surface area contributed by atoms with Crippen LogP contribution in [-0.2, 0) is 11.3 Å². The first kappa shape index (κ1) is 18.8. The molecule has 7 heteroatoms. The van der Waals surface area contributed by atoms with Crippen LogP contribution in [0.5, 0.6) is 0 Å². The van der Waals surface area contributed by atoms with E-state index in [9.17, 15) is 9.59 Å². The minimum Gasteiger partial charge on any atom is -0.312 e. The lowest BCUT2D eigenvalue weighted by Gasteiger charge is -2.28. The van der Waals surface area contributed by atoms with E-state index >= 15 is 0 Å². The van der Waals surface area contributed by atoms with Crippen LogP contribution in [0.1, 0.15) is 43.4 Å². The first-order valence-electron chi connectivity index (χ1n) is 10.2. The van der Waals surface area contributed by atoms with Gasteiger partial charge >= 0.3 is 0 Å². The number of amides is 1. The van der Waals surface area contributed by atoms with Crippen molar-refractivity contribution >= 4 is 38.8 Å². The normalized spacial score (nSPS) is 16.8. The molecule has 2 aliphatic carbocycles. The Morgan fingerprint density at radius 3 is 2.86 bits per heavy atom. The van der Waals surface area contributed by atoms with E-state index in [-0.39, 0.29) is 18.0 Å². The summed E-state index contributed by atoms with van der Waals surface area (Å²) in [5.41, 5.74) is 1.95. The standard InChI is InChI=1S/C22H23N3O2S2/c1-14-7-10-18(29-14)17-12-28-21-20(17)22(27)24(13-23-21)11-19(26)25(16-8-9-16)15-5-3-2-4-6-15/h5,7,10,12-13,16H,2-4,6,8-9,11H2,1H3. The summed E-state index contributed by atoms with van der Waals surface area (Å²) in [7, 11) is 0. The van der Waals surface area contributed by atoms with Gasteiger partial charge in [-0.3, -0.25) is 14.2 Å². The van der Waals surface area contributed by atoms with Crippen LogP contribution in [0.15, 0.2) is 40.4 Å². The summed E-state index contributed by atoms with van der Waals surface area (Å²) in [6, 6.07) is 4.42. The van der Waals surface area contributed by atoms with Crippen molar-refractivity contribution in [3.8, 4) is 10.4 Å². The number of nitrogens with zero attached hydrogens (tertiary/aromatic N) is 3. The number of thiophene rings is 2. The van der Waals surface area contributed by atoms with Gasteiger partial charge in [0.05, 0.1) is 11.7 Å². The van der Waals surface area contributed by atoms with E-state index in [1.54, 1.807) is 11.3 Å². The number of rotatable bonds is 5. The van der Waals surface area contributed by atoms with Gasteiger partial charge in [-0.25, -0.2) is 4.98 Å². The Balaban J connectivity index is 1.49. The Hall–Kier alpha value is -2.25. The number of carbonyl (C=O) groups is 1. The highest BCUT2D eigenvalue weighted by molar-refractivity contribution is 7.19. The SMILES string of the molecule is Cc1ccc(-c2csc3ncn(CC(=O)N(C4=CCCCC4)C4CC4)c(=O)c23)s1. The lowest BCUT2D eigenvalue weighted by molar-refractivity contribution is -0.130. The molecule has 0 aromatic carbocycles. The molecule has 3 aromatic heterocycles. The molecule has 0 radical (unpaired) electrons. The van der Waals surface area contributed by atoms with Crippen molar-refractivity contribution in [1.29, 1.82) is 0 Å². The molecular formula is C22H23N3O2S2. The molecule has 150 valence electrons. The average molecular weight is 426 g/mol. The molecule has 0 saturated heterocycles. The zero-order valence-corrected chi connectivity index (χ0v) is 18.0. The van der Waals surface area contributed by atoms with Gasteiger partial charge in [0.15, 0.2) is 0 Å². The highest BCUT2D eigenvalue weighted by Crippen LogP contribution is 2.36. The van der Waals surface area contributed by atoms with Gasteiger partial charge in [-0.05, 0) is 57.6 Å². The van der Waals surface area contributed by atoms with Gasteiger partial charge in [0.2, 0.25) is 5.91 Å². The second kappa shape index (κ2) is 7.54. The molecule has 1 fully saturated rings. The van der Waals surface area contributed by atoms with Crippen molar-refractivity contribution < 1.29 is 4.79 Å². The number of aromatic nitrogens is 2. The highest BCUT2D eigenvalue weighted by Gasteiger charge is 2.35. The van der Waals surface area contributed by atoms with E-state index in [0.717, 1.165) is 53.1 Å². The Bertz CT molecular complexity index is 1170. The summed E-state index contributed by atoms with van der Waals surface area (Å²) in [5.74, 6) is 0.00708. The summed E-state index contributed by atoms with van der Waals surface area (Å²) in [6.07, 6.45) is 10.2. The predicted octanol–water partition coefficient (Wildman–Crippen LogP) is 4.94. The third-order valence-electron chi connectivity index (χ3n) is 5.63. The molecule has 5 nitrogen and oxygen atoms in total. The van der Waals surface area contributed by atoms with E-state index in [0.29, 0.717) is 11.4 Å². The molecular weight excluding hydrogens is 402 g/mol. The third-order valence-corrected chi connectivity index (χ3v) is 7.55. The number of fused-ring (bicyclic) bond motifs is 1. The first-order chi connectivity index (χ1) is 14.1. The zero-order valence-electron chi connectivity index (χ0n) is 16.4. The molecule has 1 amide bonds. The van der Waals surface area contributed by atoms with Crippen LogP contribution in [0, 0.1) is 6.92 Å². The fraction of sp³-hybridized carbons (Fsp3) is 0.409. The molecule has 0 N–H and O–H groups in total. The Labute approximate surface area is 177 Å². The molecule has 0 unspecified atom stereocenters. The number of allylic oxidation sites excluding steroid dienone is 2. The summed E-state index contributed by atoms with van der Waals surface area (Å²) in [4.78, 5) is 35.9. The third kappa shape index (κ3) is 3.57. The Morgan fingerprint density at radius 2 is 2.17 bits per heavy atom. The second-order valence-corrected chi connectivity index (χ2v) is 10.00. The predicted molar refractivity (Wildman–Crippen MR) is 118 cm³/mol. The van der Waals surface area contributed by atoms with Crippen molar-refractivity contribution in [3.63, 3.8) is 0 Å². The van der Waals surface area contributed by atoms with Gasteiger partial charge in [0.25, 0.3) is 5.56 Å². The van der Waals surface area contributed by atoms with Crippen LogP contribution in [0.25, 0.3) is 20.7 Å². The molecule has 3 aromatic rings. The molecule has 0 aliphatic heterocycles. The number of carbonyl (C=O) groups excluding carboxylic acids is 1. The van der Waals surface area contributed by atoms with E-state index in [4.69, 9.17) is 0 Å². The maximum Gasteiger partial charge on any atom is 0.263 e. The summed E-state index contributed by atoms with van der Waals surface area (Å²) in [6.45, 7) is 2.11.